The Morgan fingerprint density at radius 2 is 2.18 bits per heavy atom. The van der Waals surface area contributed by atoms with Crippen LogP contribution in [0.2, 0.25) is 0 Å². The van der Waals surface area contributed by atoms with Crippen molar-refractivity contribution >= 4 is 11.3 Å². The van der Waals surface area contributed by atoms with Crippen LogP contribution in [0.5, 0.6) is 0 Å². The van der Waals surface area contributed by atoms with E-state index in [0.29, 0.717) is 6.54 Å². The summed E-state index contributed by atoms with van der Waals surface area (Å²) in [5, 5.41) is 5.06. The van der Waals surface area contributed by atoms with Crippen molar-refractivity contribution in [3.63, 3.8) is 0 Å². The molecule has 1 heterocycles. The quantitative estimate of drug-likeness (QED) is 0.854. The molecule has 1 unspecified atom stereocenters. The molecule has 0 aliphatic heterocycles. The highest BCUT2D eigenvalue weighted by Gasteiger charge is 2.28. The summed E-state index contributed by atoms with van der Waals surface area (Å²) in [6, 6.07) is 1.79. The molecular formula is C11H16F3NOS. The normalized spacial score (nSPS) is 13.9. The number of halogens is 3. The van der Waals surface area contributed by atoms with Gasteiger partial charge < -0.3 is 10.1 Å². The first-order valence-corrected chi connectivity index (χ1v) is 6.24. The molecule has 0 bridgehead atoms. The van der Waals surface area contributed by atoms with Gasteiger partial charge in [-0.15, -0.1) is 11.3 Å². The van der Waals surface area contributed by atoms with Gasteiger partial charge in [-0.1, -0.05) is 6.92 Å². The van der Waals surface area contributed by atoms with E-state index in [-0.39, 0.29) is 12.6 Å². The van der Waals surface area contributed by atoms with Crippen molar-refractivity contribution in [2.24, 2.45) is 0 Å². The Labute approximate surface area is 103 Å². The van der Waals surface area contributed by atoms with Crippen LogP contribution in [0, 0.1) is 6.92 Å². The third kappa shape index (κ3) is 5.06. The molecule has 0 aromatic carbocycles. The molecule has 1 N–H and O–H groups in total. The van der Waals surface area contributed by atoms with Crippen LogP contribution in [0.25, 0.3) is 0 Å². The number of rotatable bonds is 6. The zero-order valence-corrected chi connectivity index (χ0v) is 10.6. The Morgan fingerprint density at radius 1 is 1.47 bits per heavy atom. The fraction of sp³-hybridized carbons (Fsp3) is 0.636. The van der Waals surface area contributed by atoms with Gasteiger partial charge in [0.25, 0.3) is 0 Å². The van der Waals surface area contributed by atoms with Gasteiger partial charge in [0.2, 0.25) is 0 Å². The van der Waals surface area contributed by atoms with E-state index in [2.05, 4.69) is 5.32 Å². The smallest absolute Gasteiger partial charge is 0.370 e. The van der Waals surface area contributed by atoms with Crippen molar-refractivity contribution in [2.45, 2.75) is 26.1 Å². The number of likely N-dealkylation sites (N-methyl/N-ethyl adjacent to an activating group) is 1. The molecule has 0 spiro atoms. The summed E-state index contributed by atoms with van der Waals surface area (Å²) in [4.78, 5) is 1.04. The first-order chi connectivity index (χ1) is 7.94. The van der Waals surface area contributed by atoms with Crippen molar-refractivity contribution in [1.82, 2.24) is 5.32 Å². The number of aryl methyl sites for hydroxylation is 1. The second-order valence-corrected chi connectivity index (χ2v) is 4.66. The monoisotopic (exact) mass is 267 g/mol. The summed E-state index contributed by atoms with van der Waals surface area (Å²) in [5.74, 6) is 0. The highest BCUT2D eigenvalue weighted by Crippen LogP contribution is 2.25. The Morgan fingerprint density at radius 3 is 2.65 bits per heavy atom. The van der Waals surface area contributed by atoms with Gasteiger partial charge in [-0.05, 0) is 30.5 Å². The molecule has 0 saturated carbocycles. The minimum atomic E-state index is -4.26. The zero-order chi connectivity index (χ0) is 12.9. The lowest BCUT2D eigenvalue weighted by Crippen LogP contribution is -2.27. The number of nitrogens with one attached hydrogen (secondary N) is 1. The van der Waals surface area contributed by atoms with Crippen LogP contribution in [0.1, 0.15) is 23.4 Å². The number of ether oxygens (including phenoxy) is 1. The average molecular weight is 267 g/mol. The van der Waals surface area contributed by atoms with E-state index >= 15 is 0 Å². The maximum Gasteiger partial charge on any atom is 0.411 e. The van der Waals surface area contributed by atoms with E-state index in [4.69, 9.17) is 4.74 Å². The predicted octanol–water partition coefficient (Wildman–Crippen LogP) is 3.29. The minimum absolute atomic E-state index is 0.0364. The van der Waals surface area contributed by atoms with E-state index in [1.54, 1.807) is 0 Å². The molecule has 1 rings (SSSR count). The molecule has 0 aliphatic rings. The topological polar surface area (TPSA) is 21.3 Å². The molecular weight excluding hydrogens is 251 g/mol. The average Bonchev–Trinajstić information content (AvgIpc) is 2.61. The predicted molar refractivity (Wildman–Crippen MR) is 62.3 cm³/mol. The van der Waals surface area contributed by atoms with Crippen LogP contribution in [0.3, 0.4) is 0 Å². The molecule has 1 aromatic rings. The number of hydrogen-bond donors (Lipinski definition) is 1. The molecule has 6 heteroatoms. The van der Waals surface area contributed by atoms with Crippen molar-refractivity contribution < 1.29 is 17.9 Å². The third-order valence-corrected chi connectivity index (χ3v) is 3.35. The molecule has 17 heavy (non-hydrogen) atoms. The first-order valence-electron chi connectivity index (χ1n) is 5.36. The lowest BCUT2D eigenvalue weighted by Gasteiger charge is -2.18. The van der Waals surface area contributed by atoms with Crippen LogP contribution in [-0.4, -0.2) is 25.9 Å². The summed E-state index contributed by atoms with van der Waals surface area (Å²) in [6.45, 7) is 3.39. The Kier molecular flexibility index (Phi) is 5.42. The van der Waals surface area contributed by atoms with E-state index in [9.17, 15) is 13.2 Å². The molecule has 98 valence electrons. The minimum Gasteiger partial charge on any atom is -0.370 e. The highest BCUT2D eigenvalue weighted by atomic mass is 32.1. The van der Waals surface area contributed by atoms with Crippen LogP contribution < -0.4 is 5.32 Å². The zero-order valence-electron chi connectivity index (χ0n) is 9.80. The molecule has 0 amide bonds. The van der Waals surface area contributed by atoms with Crippen LogP contribution in [0.4, 0.5) is 13.2 Å². The molecule has 0 radical (unpaired) electrons. The van der Waals surface area contributed by atoms with Crippen molar-refractivity contribution in [1.29, 1.82) is 0 Å². The summed E-state index contributed by atoms with van der Waals surface area (Å²) in [7, 11) is 0. The number of thiophene rings is 1. The van der Waals surface area contributed by atoms with E-state index < -0.39 is 12.8 Å². The van der Waals surface area contributed by atoms with Crippen molar-refractivity contribution in [3.8, 4) is 0 Å². The Hall–Kier alpha value is -0.590. The largest absolute Gasteiger partial charge is 0.411 e. The van der Waals surface area contributed by atoms with Crippen molar-refractivity contribution in [2.75, 3.05) is 19.8 Å². The third-order valence-electron chi connectivity index (χ3n) is 2.22. The van der Waals surface area contributed by atoms with Crippen LogP contribution in [0.15, 0.2) is 11.4 Å². The highest BCUT2D eigenvalue weighted by molar-refractivity contribution is 7.10. The summed E-state index contributed by atoms with van der Waals surface area (Å²) >= 11 is 1.53. The van der Waals surface area contributed by atoms with Gasteiger partial charge in [-0.3, -0.25) is 0 Å². The number of alkyl halides is 3. The molecule has 0 aliphatic carbocycles. The second kappa shape index (κ2) is 6.37. The van der Waals surface area contributed by atoms with E-state index in [0.717, 1.165) is 10.4 Å². The Balaban J connectivity index is 2.53. The van der Waals surface area contributed by atoms with E-state index in [1.165, 1.54) is 11.3 Å². The maximum atomic E-state index is 12.0. The molecule has 0 fully saturated rings. The van der Waals surface area contributed by atoms with Gasteiger partial charge >= 0.3 is 6.18 Å². The maximum absolute atomic E-state index is 12.0. The van der Waals surface area contributed by atoms with Gasteiger partial charge in [-0.2, -0.15) is 13.2 Å². The van der Waals surface area contributed by atoms with Gasteiger partial charge in [0.05, 0.1) is 12.6 Å². The molecule has 0 saturated heterocycles. The van der Waals surface area contributed by atoms with Crippen LogP contribution >= 0.6 is 11.3 Å². The summed E-state index contributed by atoms with van der Waals surface area (Å²) < 4.78 is 40.6. The second-order valence-electron chi connectivity index (χ2n) is 3.71. The van der Waals surface area contributed by atoms with Gasteiger partial charge in [-0.25, -0.2) is 0 Å². The molecule has 1 aromatic heterocycles. The van der Waals surface area contributed by atoms with Crippen LogP contribution in [-0.2, 0) is 4.74 Å². The molecule has 1 atom stereocenters. The molecule has 2 nitrogen and oxygen atoms in total. The Bertz CT molecular complexity index is 338. The summed E-state index contributed by atoms with van der Waals surface area (Å²) in [5.41, 5.74) is 1.08. The fourth-order valence-electron chi connectivity index (χ4n) is 1.51. The van der Waals surface area contributed by atoms with E-state index in [1.807, 2.05) is 25.3 Å². The van der Waals surface area contributed by atoms with Gasteiger partial charge in [0.15, 0.2) is 0 Å². The number of hydrogen-bond acceptors (Lipinski definition) is 3. The lowest BCUT2D eigenvalue weighted by molar-refractivity contribution is -0.175. The van der Waals surface area contributed by atoms with Gasteiger partial charge in [0.1, 0.15) is 6.61 Å². The first kappa shape index (κ1) is 14.5. The van der Waals surface area contributed by atoms with Crippen molar-refractivity contribution in [3.05, 3.63) is 21.9 Å². The summed E-state index contributed by atoms with van der Waals surface area (Å²) in [6.07, 6.45) is -4.26. The SMILES string of the molecule is CCNC(COCC(F)(F)F)c1sccc1C. The van der Waals surface area contributed by atoms with Gasteiger partial charge in [0, 0.05) is 4.88 Å². The standard InChI is InChI=1S/C11H16F3NOS/c1-3-15-9(6-16-7-11(12,13)14)10-8(2)4-5-17-10/h4-5,9,15H,3,6-7H2,1-2H3. The fourth-order valence-corrected chi connectivity index (χ4v) is 2.50. The lowest BCUT2D eigenvalue weighted by atomic mass is 10.2.